The van der Waals surface area contributed by atoms with Crippen molar-refractivity contribution in [3.8, 4) is 0 Å². The Bertz CT molecular complexity index is 746. The Morgan fingerprint density at radius 2 is 2.04 bits per heavy atom. The zero-order chi connectivity index (χ0) is 18.7. The number of aliphatic imine (C=N–C) groups is 1. The summed E-state index contributed by atoms with van der Waals surface area (Å²) >= 11 is 0. The highest BCUT2D eigenvalue weighted by Crippen LogP contribution is 2.30. The van der Waals surface area contributed by atoms with Crippen molar-refractivity contribution in [2.45, 2.75) is 25.3 Å². The normalized spacial score (nSPS) is 19.2. The number of alkyl halides is 3. The highest BCUT2D eigenvalue weighted by molar-refractivity contribution is 6.06. The van der Waals surface area contributed by atoms with Gasteiger partial charge in [0.15, 0.2) is 0 Å². The molecule has 6 nitrogen and oxygen atoms in total. The van der Waals surface area contributed by atoms with Crippen LogP contribution in [0, 0.1) is 5.82 Å². The SMILES string of the molecule is CC(=O)NC1(C(=O)NCc2cc(C(F)(F)F)ccc2F)C=NC=CN1. The van der Waals surface area contributed by atoms with Gasteiger partial charge >= 0.3 is 6.18 Å². The zero-order valence-corrected chi connectivity index (χ0v) is 12.9. The third kappa shape index (κ3) is 4.34. The lowest BCUT2D eigenvalue weighted by molar-refractivity contribution is -0.137. The number of amides is 2. The van der Waals surface area contributed by atoms with Gasteiger partial charge in [-0.3, -0.25) is 14.6 Å². The van der Waals surface area contributed by atoms with Crippen molar-refractivity contribution in [1.29, 1.82) is 0 Å². The Labute approximate surface area is 140 Å². The fourth-order valence-electron chi connectivity index (χ4n) is 2.13. The molecule has 0 spiro atoms. The summed E-state index contributed by atoms with van der Waals surface area (Å²) in [5.74, 6) is -2.26. The molecule has 0 saturated heterocycles. The van der Waals surface area contributed by atoms with Crippen LogP contribution >= 0.6 is 0 Å². The highest BCUT2D eigenvalue weighted by atomic mass is 19.4. The third-order valence-electron chi connectivity index (χ3n) is 3.28. The first-order chi connectivity index (χ1) is 11.6. The monoisotopic (exact) mass is 358 g/mol. The molecule has 25 heavy (non-hydrogen) atoms. The fourth-order valence-corrected chi connectivity index (χ4v) is 2.13. The van der Waals surface area contributed by atoms with Crippen molar-refractivity contribution in [1.82, 2.24) is 16.0 Å². The van der Waals surface area contributed by atoms with Gasteiger partial charge in [0, 0.05) is 31.4 Å². The van der Waals surface area contributed by atoms with E-state index in [1.54, 1.807) is 0 Å². The van der Waals surface area contributed by atoms with E-state index in [0.717, 1.165) is 6.21 Å². The number of halogens is 4. The molecule has 1 unspecified atom stereocenters. The molecule has 0 aromatic heterocycles. The molecule has 1 aliphatic heterocycles. The molecule has 3 N–H and O–H groups in total. The molecule has 10 heteroatoms. The van der Waals surface area contributed by atoms with Crippen molar-refractivity contribution >= 4 is 18.0 Å². The molecule has 1 aliphatic rings. The van der Waals surface area contributed by atoms with Gasteiger partial charge in [-0.1, -0.05) is 0 Å². The molecule has 0 bridgehead atoms. The Morgan fingerprint density at radius 1 is 1.32 bits per heavy atom. The largest absolute Gasteiger partial charge is 0.416 e. The molecule has 1 aromatic carbocycles. The van der Waals surface area contributed by atoms with Gasteiger partial charge in [0.05, 0.1) is 11.8 Å². The van der Waals surface area contributed by atoms with E-state index >= 15 is 0 Å². The van der Waals surface area contributed by atoms with E-state index in [1.807, 2.05) is 0 Å². The molecule has 1 atom stereocenters. The molecule has 0 radical (unpaired) electrons. The van der Waals surface area contributed by atoms with Crippen LogP contribution in [0.3, 0.4) is 0 Å². The summed E-state index contributed by atoms with van der Waals surface area (Å²) in [6.07, 6.45) is -0.876. The first kappa shape index (κ1) is 18.4. The Kier molecular flexibility index (Phi) is 5.10. The highest BCUT2D eigenvalue weighted by Gasteiger charge is 2.38. The van der Waals surface area contributed by atoms with Gasteiger partial charge in [-0.2, -0.15) is 13.2 Å². The second kappa shape index (κ2) is 6.91. The van der Waals surface area contributed by atoms with Crippen molar-refractivity contribution in [3.05, 3.63) is 47.5 Å². The van der Waals surface area contributed by atoms with Gasteiger partial charge in [-0.25, -0.2) is 4.39 Å². The van der Waals surface area contributed by atoms with E-state index in [2.05, 4.69) is 20.9 Å². The van der Waals surface area contributed by atoms with E-state index in [9.17, 15) is 27.2 Å². The minimum absolute atomic E-state index is 0.343. The van der Waals surface area contributed by atoms with Crippen LogP contribution in [0.2, 0.25) is 0 Å². The molecule has 0 fully saturated rings. The van der Waals surface area contributed by atoms with E-state index < -0.39 is 41.6 Å². The summed E-state index contributed by atoms with van der Waals surface area (Å²) in [5.41, 5.74) is -3.09. The Hall–Kier alpha value is -2.91. The predicted molar refractivity (Wildman–Crippen MR) is 80.6 cm³/mol. The summed E-state index contributed by atoms with van der Waals surface area (Å²) in [7, 11) is 0. The second-order valence-corrected chi connectivity index (χ2v) is 5.21. The standard InChI is InChI=1S/C15H14F4N4O2/c1-9(24)23-14(8-20-4-5-22-14)13(25)21-7-10-6-11(15(17,18)19)2-3-12(10)16/h2-6,8,22H,7H2,1H3,(H,21,25)(H,23,24). The summed E-state index contributed by atoms with van der Waals surface area (Å²) in [6.45, 7) is 0.671. The molecule has 2 amide bonds. The lowest BCUT2D eigenvalue weighted by Crippen LogP contribution is -2.67. The van der Waals surface area contributed by atoms with E-state index in [-0.39, 0.29) is 5.56 Å². The average Bonchev–Trinajstić information content (AvgIpc) is 2.52. The molecular formula is C15H14F4N4O2. The lowest BCUT2D eigenvalue weighted by Gasteiger charge is -2.30. The maximum absolute atomic E-state index is 13.7. The molecule has 134 valence electrons. The van der Waals surface area contributed by atoms with Crippen LogP contribution in [0.1, 0.15) is 18.1 Å². The van der Waals surface area contributed by atoms with Gasteiger partial charge in [0.1, 0.15) is 5.82 Å². The van der Waals surface area contributed by atoms with E-state index in [0.29, 0.717) is 18.2 Å². The van der Waals surface area contributed by atoms with Gasteiger partial charge in [-0.15, -0.1) is 0 Å². The predicted octanol–water partition coefficient (Wildman–Crippen LogP) is 1.44. The summed E-state index contributed by atoms with van der Waals surface area (Å²) in [5, 5.41) is 7.23. The first-order valence-corrected chi connectivity index (χ1v) is 7.04. The average molecular weight is 358 g/mol. The second-order valence-electron chi connectivity index (χ2n) is 5.21. The number of carbonyl (C=O) groups excluding carboxylic acids is 2. The third-order valence-corrected chi connectivity index (χ3v) is 3.28. The van der Waals surface area contributed by atoms with E-state index in [1.165, 1.54) is 19.3 Å². The minimum atomic E-state index is -4.63. The topological polar surface area (TPSA) is 82.6 Å². The fraction of sp³-hybridized carbons (Fsp3) is 0.267. The molecule has 2 rings (SSSR count). The van der Waals surface area contributed by atoms with Crippen molar-refractivity contribution < 1.29 is 27.2 Å². The van der Waals surface area contributed by atoms with Crippen LogP contribution in [-0.4, -0.2) is 23.7 Å². The van der Waals surface area contributed by atoms with Crippen LogP contribution in [0.5, 0.6) is 0 Å². The number of benzene rings is 1. The van der Waals surface area contributed by atoms with Gasteiger partial charge < -0.3 is 16.0 Å². The number of rotatable bonds is 4. The van der Waals surface area contributed by atoms with Crippen LogP contribution in [0.4, 0.5) is 17.6 Å². The number of carbonyl (C=O) groups is 2. The summed E-state index contributed by atoms with van der Waals surface area (Å²) in [6, 6.07) is 1.90. The van der Waals surface area contributed by atoms with Gasteiger partial charge in [-0.05, 0) is 18.2 Å². The summed E-state index contributed by atoms with van der Waals surface area (Å²) < 4.78 is 51.8. The molecule has 1 heterocycles. The Balaban J connectivity index is 2.17. The zero-order valence-electron chi connectivity index (χ0n) is 12.9. The Morgan fingerprint density at radius 3 is 2.60 bits per heavy atom. The first-order valence-electron chi connectivity index (χ1n) is 7.04. The van der Waals surface area contributed by atoms with Gasteiger partial charge in [0.2, 0.25) is 11.6 Å². The minimum Gasteiger partial charge on any atom is -0.355 e. The van der Waals surface area contributed by atoms with Crippen molar-refractivity contribution in [2.75, 3.05) is 0 Å². The van der Waals surface area contributed by atoms with Crippen LogP contribution < -0.4 is 16.0 Å². The van der Waals surface area contributed by atoms with Crippen LogP contribution in [0.25, 0.3) is 0 Å². The van der Waals surface area contributed by atoms with Crippen LogP contribution in [0.15, 0.2) is 35.6 Å². The number of hydrogen-bond acceptors (Lipinski definition) is 4. The number of hydrogen-bond donors (Lipinski definition) is 3. The summed E-state index contributed by atoms with van der Waals surface area (Å²) in [4.78, 5) is 27.4. The van der Waals surface area contributed by atoms with Crippen molar-refractivity contribution in [2.24, 2.45) is 4.99 Å². The quantitative estimate of drug-likeness (QED) is 0.713. The number of nitrogens with zero attached hydrogens (tertiary/aromatic N) is 1. The maximum atomic E-state index is 13.7. The lowest BCUT2D eigenvalue weighted by atomic mass is 10.1. The van der Waals surface area contributed by atoms with Crippen molar-refractivity contribution in [3.63, 3.8) is 0 Å². The maximum Gasteiger partial charge on any atom is 0.416 e. The van der Waals surface area contributed by atoms with Gasteiger partial charge in [0.25, 0.3) is 5.91 Å². The molecule has 0 aliphatic carbocycles. The molecule has 0 saturated carbocycles. The smallest absolute Gasteiger partial charge is 0.355 e. The number of nitrogens with one attached hydrogen (secondary N) is 3. The van der Waals surface area contributed by atoms with E-state index in [4.69, 9.17) is 0 Å². The van der Waals surface area contributed by atoms with Crippen LogP contribution in [-0.2, 0) is 22.3 Å². The molecular weight excluding hydrogens is 344 g/mol. The molecule has 1 aromatic rings.